The summed E-state index contributed by atoms with van der Waals surface area (Å²) in [5.41, 5.74) is 2.56. The second kappa shape index (κ2) is 9.99. The first kappa shape index (κ1) is 23.6. The van der Waals surface area contributed by atoms with Crippen LogP contribution in [-0.4, -0.2) is 45.8 Å². The summed E-state index contributed by atoms with van der Waals surface area (Å²) in [6, 6.07) is 18.9. The largest absolute Gasteiger partial charge is 0.485 e. The highest BCUT2D eigenvalue weighted by atomic mass is 32.1. The van der Waals surface area contributed by atoms with Gasteiger partial charge in [-0.15, -0.1) is 5.10 Å². The number of carbonyl (C=O) groups excluding carboxylic acids is 1. The van der Waals surface area contributed by atoms with Gasteiger partial charge >= 0.3 is 6.01 Å². The molecular weight excluding hydrogens is 516 g/mol. The lowest BCUT2D eigenvalue weighted by molar-refractivity contribution is 0.0716. The first-order valence-electron chi connectivity index (χ1n) is 12.9. The Kier molecular flexibility index (Phi) is 6.04. The molecule has 2 aromatic carbocycles. The topological polar surface area (TPSA) is 116 Å². The molecule has 196 valence electrons. The number of fused-ring (bicyclic) bond motifs is 2. The number of hydrogen-bond donors (Lipinski definition) is 1. The van der Waals surface area contributed by atoms with E-state index in [-0.39, 0.29) is 24.4 Å². The summed E-state index contributed by atoms with van der Waals surface area (Å²) < 4.78 is 18.2. The highest BCUT2D eigenvalue weighted by Gasteiger charge is 2.28. The average Bonchev–Trinajstić information content (AvgIpc) is 3.65. The van der Waals surface area contributed by atoms with Crippen molar-refractivity contribution in [3.8, 4) is 22.8 Å². The molecule has 11 heteroatoms. The lowest BCUT2D eigenvalue weighted by atomic mass is 10.1. The number of para-hydroxylation sites is 2. The third-order valence-corrected chi connectivity index (χ3v) is 7.87. The van der Waals surface area contributed by atoms with Gasteiger partial charge in [0.25, 0.3) is 11.8 Å². The van der Waals surface area contributed by atoms with Crippen molar-refractivity contribution in [3.05, 3.63) is 72.1 Å². The lowest BCUT2D eigenvalue weighted by Gasteiger charge is -2.25. The zero-order valence-corrected chi connectivity index (χ0v) is 21.7. The molecule has 3 aromatic heterocycles. The standard InChI is InChI=1S/C28H24N6O4S/c35-25(31-27-33-32-26(38-27)22-16-36-20-11-5-6-12-21(20)37-22)18-15-19(17-9-3-1-4-10-17)29-24-23(18)39-28(30-24)34-13-7-2-8-14-34/h1,3-6,9-12,15,22H,2,7-8,13-14,16H2,(H,31,33,35). The monoisotopic (exact) mass is 540 g/mol. The van der Waals surface area contributed by atoms with E-state index in [0.717, 1.165) is 36.6 Å². The third kappa shape index (κ3) is 4.65. The van der Waals surface area contributed by atoms with Crippen molar-refractivity contribution in [1.82, 2.24) is 20.2 Å². The fourth-order valence-electron chi connectivity index (χ4n) is 4.77. The molecule has 0 saturated carbocycles. The van der Waals surface area contributed by atoms with Gasteiger partial charge in [0.2, 0.25) is 6.10 Å². The molecule has 1 atom stereocenters. The van der Waals surface area contributed by atoms with E-state index in [1.165, 1.54) is 17.8 Å². The lowest BCUT2D eigenvalue weighted by Crippen LogP contribution is -2.29. The Hall–Kier alpha value is -4.51. The molecule has 2 aliphatic rings. The molecule has 1 unspecified atom stereocenters. The van der Waals surface area contributed by atoms with Crippen LogP contribution in [0.15, 0.2) is 65.1 Å². The molecular formula is C28H24N6O4S. The smallest absolute Gasteiger partial charge is 0.322 e. The molecule has 1 saturated heterocycles. The number of hydrogen-bond acceptors (Lipinski definition) is 10. The molecule has 5 aromatic rings. The van der Waals surface area contributed by atoms with E-state index in [0.29, 0.717) is 33.1 Å². The van der Waals surface area contributed by atoms with Crippen LogP contribution in [0.1, 0.15) is 41.6 Å². The maximum atomic E-state index is 13.6. The fraction of sp³-hybridized carbons (Fsp3) is 0.250. The maximum absolute atomic E-state index is 13.6. The summed E-state index contributed by atoms with van der Waals surface area (Å²) in [6.45, 7) is 2.13. The minimum Gasteiger partial charge on any atom is -0.485 e. The maximum Gasteiger partial charge on any atom is 0.322 e. The van der Waals surface area contributed by atoms with Crippen LogP contribution in [0.2, 0.25) is 0 Å². The van der Waals surface area contributed by atoms with E-state index in [9.17, 15) is 4.79 Å². The van der Waals surface area contributed by atoms with Crippen LogP contribution in [-0.2, 0) is 0 Å². The summed E-state index contributed by atoms with van der Waals surface area (Å²) in [6.07, 6.45) is 2.91. The number of amides is 1. The van der Waals surface area contributed by atoms with Crippen LogP contribution >= 0.6 is 11.3 Å². The quantitative estimate of drug-likeness (QED) is 0.309. The molecule has 2 aliphatic heterocycles. The Balaban J connectivity index is 1.19. The van der Waals surface area contributed by atoms with Crippen molar-refractivity contribution < 1.29 is 18.7 Å². The van der Waals surface area contributed by atoms with Crippen molar-refractivity contribution in [2.24, 2.45) is 0 Å². The Bertz CT molecular complexity index is 1650. The van der Waals surface area contributed by atoms with Gasteiger partial charge in [0.1, 0.15) is 6.61 Å². The Labute approximate surface area is 227 Å². The van der Waals surface area contributed by atoms with Gasteiger partial charge in [-0.2, -0.15) is 4.98 Å². The number of rotatable bonds is 5. The number of carbonyl (C=O) groups is 1. The summed E-state index contributed by atoms with van der Waals surface area (Å²) >= 11 is 1.48. The van der Waals surface area contributed by atoms with Gasteiger partial charge in [-0.3, -0.25) is 10.1 Å². The summed E-state index contributed by atoms with van der Waals surface area (Å²) in [7, 11) is 0. The Morgan fingerprint density at radius 3 is 2.59 bits per heavy atom. The molecule has 1 amide bonds. The van der Waals surface area contributed by atoms with E-state index in [2.05, 4.69) is 20.4 Å². The first-order chi connectivity index (χ1) is 19.2. The molecule has 0 spiro atoms. The number of piperidine rings is 1. The van der Waals surface area contributed by atoms with Crippen LogP contribution in [0.4, 0.5) is 11.1 Å². The van der Waals surface area contributed by atoms with Crippen molar-refractivity contribution in [3.63, 3.8) is 0 Å². The van der Waals surface area contributed by atoms with E-state index in [4.69, 9.17) is 23.9 Å². The van der Waals surface area contributed by atoms with Crippen LogP contribution in [0.5, 0.6) is 11.5 Å². The number of ether oxygens (including phenoxy) is 2. The molecule has 10 nitrogen and oxygen atoms in total. The number of pyridine rings is 1. The van der Waals surface area contributed by atoms with Gasteiger partial charge in [0, 0.05) is 18.7 Å². The number of thiazole rings is 1. The Morgan fingerprint density at radius 2 is 1.74 bits per heavy atom. The zero-order chi connectivity index (χ0) is 26.2. The van der Waals surface area contributed by atoms with Crippen molar-refractivity contribution in [1.29, 1.82) is 0 Å². The van der Waals surface area contributed by atoms with E-state index < -0.39 is 6.10 Å². The van der Waals surface area contributed by atoms with Crippen LogP contribution in [0, 0.1) is 0 Å². The predicted molar refractivity (Wildman–Crippen MR) is 146 cm³/mol. The van der Waals surface area contributed by atoms with Gasteiger partial charge in [-0.1, -0.05) is 58.9 Å². The first-order valence-corrected chi connectivity index (χ1v) is 13.7. The number of nitrogens with one attached hydrogen (secondary N) is 1. The van der Waals surface area contributed by atoms with E-state index >= 15 is 0 Å². The van der Waals surface area contributed by atoms with Gasteiger partial charge < -0.3 is 18.8 Å². The summed E-state index contributed by atoms with van der Waals surface area (Å²) in [4.78, 5) is 25.5. The molecule has 5 heterocycles. The van der Waals surface area contributed by atoms with Crippen molar-refractivity contribution >= 4 is 38.7 Å². The number of benzene rings is 2. The summed E-state index contributed by atoms with van der Waals surface area (Å²) in [5.74, 6) is 1.09. The van der Waals surface area contributed by atoms with Crippen LogP contribution < -0.4 is 19.7 Å². The van der Waals surface area contributed by atoms with Gasteiger partial charge in [-0.25, -0.2) is 4.98 Å². The van der Waals surface area contributed by atoms with Crippen molar-refractivity contribution in [2.45, 2.75) is 25.4 Å². The SMILES string of the molecule is O=C(Nc1nnc(C2COc3ccccc3O2)o1)c1cc(-c2ccccc2)nc2nc(N3CCCCC3)sc12. The molecule has 7 rings (SSSR count). The van der Waals surface area contributed by atoms with Crippen LogP contribution in [0.25, 0.3) is 21.6 Å². The molecule has 39 heavy (non-hydrogen) atoms. The minimum absolute atomic E-state index is 0.0237. The number of aromatic nitrogens is 4. The van der Waals surface area contributed by atoms with E-state index in [1.807, 2.05) is 54.6 Å². The van der Waals surface area contributed by atoms with Crippen LogP contribution in [0.3, 0.4) is 0 Å². The Morgan fingerprint density at radius 1 is 0.949 bits per heavy atom. The number of nitrogens with zero attached hydrogens (tertiary/aromatic N) is 5. The van der Waals surface area contributed by atoms with Crippen molar-refractivity contribution in [2.75, 3.05) is 29.9 Å². The predicted octanol–water partition coefficient (Wildman–Crippen LogP) is 5.50. The van der Waals surface area contributed by atoms with Gasteiger partial charge in [0.15, 0.2) is 22.3 Å². The second-order valence-electron chi connectivity index (χ2n) is 9.38. The highest BCUT2D eigenvalue weighted by molar-refractivity contribution is 7.22. The molecule has 1 N–H and O–H groups in total. The third-order valence-electron chi connectivity index (χ3n) is 6.74. The number of anilines is 2. The molecule has 1 fully saturated rings. The highest BCUT2D eigenvalue weighted by Crippen LogP contribution is 2.37. The molecule has 0 radical (unpaired) electrons. The second-order valence-corrected chi connectivity index (χ2v) is 10.4. The average molecular weight is 541 g/mol. The molecule has 0 aliphatic carbocycles. The zero-order valence-electron chi connectivity index (χ0n) is 20.9. The fourth-order valence-corrected chi connectivity index (χ4v) is 5.84. The van der Waals surface area contributed by atoms with Gasteiger partial charge in [-0.05, 0) is 37.5 Å². The normalized spacial score (nSPS) is 16.8. The minimum atomic E-state index is -0.580. The molecule has 0 bridgehead atoms. The van der Waals surface area contributed by atoms with Gasteiger partial charge in [0.05, 0.1) is 16.0 Å². The van der Waals surface area contributed by atoms with E-state index in [1.54, 1.807) is 6.07 Å². The summed E-state index contributed by atoms with van der Waals surface area (Å²) in [5, 5.41) is 11.8.